The topological polar surface area (TPSA) is 69.0 Å². The van der Waals surface area contributed by atoms with Crippen LogP contribution in [0.15, 0.2) is 63.8 Å². The number of hydrogen-bond donors (Lipinski definition) is 0. The van der Waals surface area contributed by atoms with E-state index in [-0.39, 0.29) is 40.1 Å². The number of carbonyl (C=O) groups is 1. The van der Waals surface area contributed by atoms with Crippen molar-refractivity contribution in [3.05, 3.63) is 97.3 Å². The number of fused-ring (bicyclic) bond motifs is 1. The number of benzene rings is 3. The summed E-state index contributed by atoms with van der Waals surface area (Å²) in [5, 5.41) is 0.650. The smallest absolute Gasteiger partial charge is 0.449 e. The van der Waals surface area contributed by atoms with Crippen molar-refractivity contribution in [1.82, 2.24) is 4.90 Å². The summed E-state index contributed by atoms with van der Waals surface area (Å²) in [6, 6.07) is 12.8. The lowest BCUT2D eigenvalue weighted by atomic mass is 10.1. The van der Waals surface area contributed by atoms with E-state index < -0.39 is 29.1 Å². The molecule has 222 valence electrons. The Hall–Kier alpha value is -3.53. The van der Waals surface area contributed by atoms with E-state index in [4.69, 9.17) is 37.1 Å². The van der Waals surface area contributed by atoms with Crippen molar-refractivity contribution in [1.29, 1.82) is 0 Å². The fourth-order valence-corrected chi connectivity index (χ4v) is 4.72. The zero-order chi connectivity index (χ0) is 30.6. The Morgan fingerprint density at radius 3 is 2.24 bits per heavy atom. The summed E-state index contributed by atoms with van der Waals surface area (Å²) < 4.78 is 59.7. The minimum atomic E-state index is -5.08. The molecule has 0 N–H and O–H groups in total. The summed E-state index contributed by atoms with van der Waals surface area (Å²) in [4.78, 5) is 28.5. The van der Waals surface area contributed by atoms with Crippen molar-refractivity contribution < 1.29 is 31.9 Å². The lowest BCUT2D eigenvalue weighted by molar-refractivity contribution is -0.154. The van der Waals surface area contributed by atoms with Gasteiger partial charge in [0.2, 0.25) is 11.2 Å². The van der Waals surface area contributed by atoms with Crippen LogP contribution in [0.3, 0.4) is 0 Å². The zero-order valence-electron chi connectivity index (χ0n) is 23.1. The highest BCUT2D eigenvalue weighted by molar-refractivity contribution is 6.31. The van der Waals surface area contributed by atoms with E-state index >= 15 is 0 Å². The van der Waals surface area contributed by atoms with E-state index in [1.165, 1.54) is 54.6 Å². The van der Waals surface area contributed by atoms with Crippen molar-refractivity contribution >= 4 is 40.1 Å². The molecule has 0 bridgehead atoms. The number of halogens is 5. The number of alkyl halides is 3. The summed E-state index contributed by atoms with van der Waals surface area (Å²) in [7, 11) is 0. The van der Waals surface area contributed by atoms with Gasteiger partial charge in [0.15, 0.2) is 0 Å². The largest absolute Gasteiger partial charge is 0.453 e. The minimum absolute atomic E-state index is 0.0140. The van der Waals surface area contributed by atoms with Crippen molar-refractivity contribution in [2.45, 2.75) is 46.3 Å². The van der Waals surface area contributed by atoms with Gasteiger partial charge in [0, 0.05) is 16.6 Å². The summed E-state index contributed by atoms with van der Waals surface area (Å²) in [6.45, 7) is 6.89. The van der Waals surface area contributed by atoms with Gasteiger partial charge in [0.25, 0.3) is 5.76 Å². The zero-order valence-corrected chi connectivity index (χ0v) is 24.6. The maximum Gasteiger partial charge on any atom is 0.453 e. The molecule has 0 aliphatic carbocycles. The van der Waals surface area contributed by atoms with Gasteiger partial charge in [0.05, 0.1) is 16.5 Å². The van der Waals surface area contributed by atoms with E-state index in [0.29, 0.717) is 28.7 Å². The molecule has 0 aliphatic rings. The molecule has 0 saturated heterocycles. The molecule has 0 aliphatic heterocycles. The van der Waals surface area contributed by atoms with Crippen LogP contribution in [0.25, 0.3) is 11.0 Å². The Morgan fingerprint density at radius 1 is 0.976 bits per heavy atom. The molecular weight excluding hydrogens is 594 g/mol. The first-order valence-corrected chi connectivity index (χ1v) is 14.0. The van der Waals surface area contributed by atoms with Gasteiger partial charge in [-0.1, -0.05) is 37.0 Å². The second-order valence-electron chi connectivity index (χ2n) is 9.69. The summed E-state index contributed by atoms with van der Waals surface area (Å²) in [5.74, 6) is -3.40. The SMILES string of the molecule is CCCN(CCC)Cc1c(OC(=O)c2ccc(Cl)cc2)ccc2c(=O)c(Oc3ccc(Cl)c(C)c3)c(C(F)(F)F)oc12. The molecule has 4 aromatic rings. The maximum absolute atomic E-state index is 14.4. The van der Waals surface area contributed by atoms with Gasteiger partial charge >= 0.3 is 12.1 Å². The van der Waals surface area contributed by atoms with Crippen LogP contribution in [-0.4, -0.2) is 24.0 Å². The van der Waals surface area contributed by atoms with Crippen LogP contribution in [0, 0.1) is 6.92 Å². The molecule has 0 atom stereocenters. The molecule has 0 saturated carbocycles. The Balaban J connectivity index is 1.91. The molecule has 1 aromatic heterocycles. The number of hydrogen-bond acceptors (Lipinski definition) is 6. The van der Waals surface area contributed by atoms with Crippen molar-refractivity contribution in [3.8, 4) is 17.2 Å². The van der Waals surface area contributed by atoms with Gasteiger partial charge in [-0.2, -0.15) is 13.2 Å². The lowest BCUT2D eigenvalue weighted by Gasteiger charge is -2.23. The molecule has 0 fully saturated rings. The summed E-state index contributed by atoms with van der Waals surface area (Å²) in [6.07, 6.45) is -3.55. The number of rotatable bonds is 10. The molecule has 0 unspecified atom stereocenters. The highest BCUT2D eigenvalue weighted by atomic mass is 35.5. The van der Waals surface area contributed by atoms with Crippen molar-refractivity contribution in [2.75, 3.05) is 13.1 Å². The number of esters is 1. The molecule has 0 amide bonds. The van der Waals surface area contributed by atoms with Crippen LogP contribution in [0.2, 0.25) is 10.0 Å². The van der Waals surface area contributed by atoms with Gasteiger partial charge in [-0.25, -0.2) is 4.79 Å². The quantitative estimate of drug-likeness (QED) is 0.130. The molecule has 42 heavy (non-hydrogen) atoms. The molecule has 1 heterocycles. The fourth-order valence-electron chi connectivity index (χ4n) is 4.47. The second kappa shape index (κ2) is 13.2. The minimum Gasteiger partial charge on any atom is -0.449 e. The molecule has 4 rings (SSSR count). The highest BCUT2D eigenvalue weighted by Gasteiger charge is 2.41. The van der Waals surface area contributed by atoms with E-state index in [0.717, 1.165) is 12.8 Å². The Morgan fingerprint density at radius 2 is 1.64 bits per heavy atom. The van der Waals surface area contributed by atoms with Gasteiger partial charge in [-0.05, 0) is 93.0 Å². The predicted molar refractivity (Wildman–Crippen MR) is 156 cm³/mol. The highest BCUT2D eigenvalue weighted by Crippen LogP contribution is 2.40. The van der Waals surface area contributed by atoms with Crippen LogP contribution in [0.4, 0.5) is 13.2 Å². The Bertz CT molecular complexity index is 1650. The maximum atomic E-state index is 14.4. The Kier molecular flexibility index (Phi) is 9.86. The fraction of sp³-hybridized carbons (Fsp3) is 0.290. The number of carbonyl (C=O) groups excluding carboxylic acids is 1. The Labute approximate surface area is 250 Å². The van der Waals surface area contributed by atoms with E-state index in [9.17, 15) is 22.8 Å². The first-order chi connectivity index (χ1) is 19.9. The third-order valence-corrected chi connectivity index (χ3v) is 7.11. The van der Waals surface area contributed by atoms with Crippen LogP contribution in [0.5, 0.6) is 17.2 Å². The van der Waals surface area contributed by atoms with Crippen LogP contribution < -0.4 is 14.9 Å². The van der Waals surface area contributed by atoms with Crippen LogP contribution >= 0.6 is 23.2 Å². The average molecular weight is 622 g/mol. The number of ether oxygens (including phenoxy) is 2. The van der Waals surface area contributed by atoms with Gasteiger partial charge in [-0.3, -0.25) is 9.69 Å². The molecule has 11 heteroatoms. The molecule has 6 nitrogen and oxygen atoms in total. The predicted octanol–water partition coefficient (Wildman–Crippen LogP) is 9.06. The normalized spacial score (nSPS) is 11.7. The number of nitrogens with zero attached hydrogens (tertiary/aromatic N) is 1. The van der Waals surface area contributed by atoms with Crippen molar-refractivity contribution in [2.24, 2.45) is 0 Å². The third kappa shape index (κ3) is 7.09. The third-order valence-electron chi connectivity index (χ3n) is 6.43. The molecular formula is C31H28Cl2F3NO5. The monoisotopic (exact) mass is 621 g/mol. The average Bonchev–Trinajstić information content (AvgIpc) is 2.93. The summed E-state index contributed by atoms with van der Waals surface area (Å²) in [5.41, 5.74) is -0.498. The van der Waals surface area contributed by atoms with Crippen LogP contribution in [0.1, 0.15) is 53.9 Å². The van der Waals surface area contributed by atoms with Gasteiger partial charge in [-0.15, -0.1) is 0 Å². The molecule has 0 radical (unpaired) electrons. The first kappa shape index (κ1) is 31.4. The summed E-state index contributed by atoms with van der Waals surface area (Å²) >= 11 is 12.0. The molecule has 3 aromatic carbocycles. The standard InChI is InChI=1S/C31H28Cl2F3NO5/c1-4-14-37(15-5-2)17-23-25(41-30(39)19-6-8-20(32)9-7-19)13-11-22-26(38)28(29(31(34,35)36)42-27(22)23)40-21-10-12-24(33)18(3)16-21/h6-13,16H,4-5,14-15,17H2,1-3H3. The van der Waals surface area contributed by atoms with Gasteiger partial charge in [0.1, 0.15) is 17.1 Å². The second-order valence-corrected chi connectivity index (χ2v) is 10.5. The lowest BCUT2D eigenvalue weighted by Crippen LogP contribution is -2.26. The number of aryl methyl sites for hydroxylation is 1. The van der Waals surface area contributed by atoms with E-state index in [1.807, 2.05) is 18.7 Å². The van der Waals surface area contributed by atoms with E-state index in [1.54, 1.807) is 6.92 Å². The first-order valence-electron chi connectivity index (χ1n) is 13.3. The van der Waals surface area contributed by atoms with E-state index in [2.05, 4.69) is 0 Å². The van der Waals surface area contributed by atoms with Crippen LogP contribution in [-0.2, 0) is 12.7 Å². The molecule has 0 spiro atoms. The van der Waals surface area contributed by atoms with Gasteiger partial charge < -0.3 is 13.9 Å². The van der Waals surface area contributed by atoms with Crippen molar-refractivity contribution in [3.63, 3.8) is 0 Å².